The standard InChI is InChI=1S/C32H27N7O3/c1-20(22-14-16-25(40-3)17-15-22)37-41-18-26-34-30-29-28(23-10-6-4-7-11-23)27-21(2)35-39(24-12-8-5-9-13-24)32(27)42-31(29)33-19-38(30)36-26/h4-17,19,28H,18H2,1-3H3/b37-20+/t28-/m1/s1. The first-order valence-electron chi connectivity index (χ1n) is 13.5. The Morgan fingerprint density at radius 3 is 2.40 bits per heavy atom. The molecule has 0 fully saturated rings. The van der Waals surface area contributed by atoms with Crippen LogP contribution in [-0.2, 0) is 11.4 Å². The fourth-order valence-electron chi connectivity index (χ4n) is 5.28. The van der Waals surface area contributed by atoms with E-state index in [9.17, 15) is 0 Å². The summed E-state index contributed by atoms with van der Waals surface area (Å²) in [5.41, 5.74) is 6.94. The summed E-state index contributed by atoms with van der Waals surface area (Å²) in [7, 11) is 1.64. The summed E-state index contributed by atoms with van der Waals surface area (Å²) < 4.78 is 15.2. The van der Waals surface area contributed by atoms with Gasteiger partial charge in [-0.1, -0.05) is 53.7 Å². The summed E-state index contributed by atoms with van der Waals surface area (Å²) in [6.07, 6.45) is 1.61. The van der Waals surface area contributed by atoms with E-state index >= 15 is 0 Å². The number of fused-ring (bicyclic) bond motifs is 4. The van der Waals surface area contributed by atoms with Crippen molar-refractivity contribution in [3.05, 3.63) is 125 Å². The summed E-state index contributed by atoms with van der Waals surface area (Å²) in [5.74, 6) is 2.15. The lowest BCUT2D eigenvalue weighted by Crippen LogP contribution is -2.16. The van der Waals surface area contributed by atoms with Crippen molar-refractivity contribution in [3.63, 3.8) is 0 Å². The molecule has 0 saturated carbocycles. The average molecular weight is 558 g/mol. The van der Waals surface area contributed by atoms with E-state index in [0.717, 1.165) is 45.1 Å². The molecule has 6 aromatic rings. The highest BCUT2D eigenvalue weighted by molar-refractivity contribution is 5.98. The molecule has 1 atom stereocenters. The summed E-state index contributed by atoms with van der Waals surface area (Å²) in [6, 6.07) is 27.8. The van der Waals surface area contributed by atoms with Gasteiger partial charge in [0.1, 0.15) is 12.1 Å². The van der Waals surface area contributed by atoms with Crippen molar-refractivity contribution in [2.45, 2.75) is 26.4 Å². The second kappa shape index (κ2) is 10.5. The second-order valence-corrected chi connectivity index (χ2v) is 9.94. The lowest BCUT2D eigenvalue weighted by atomic mass is 9.84. The molecule has 0 unspecified atom stereocenters. The number of nitrogens with zero attached hydrogens (tertiary/aromatic N) is 7. The van der Waals surface area contributed by atoms with Gasteiger partial charge in [0.15, 0.2) is 18.1 Å². The number of methoxy groups -OCH3 is 1. The summed E-state index contributed by atoms with van der Waals surface area (Å²) >= 11 is 0. The van der Waals surface area contributed by atoms with E-state index in [4.69, 9.17) is 24.4 Å². The predicted molar refractivity (Wildman–Crippen MR) is 157 cm³/mol. The van der Waals surface area contributed by atoms with Gasteiger partial charge in [0, 0.05) is 0 Å². The van der Waals surface area contributed by atoms with E-state index in [0.29, 0.717) is 23.2 Å². The maximum Gasteiger partial charge on any atom is 0.230 e. The molecule has 4 heterocycles. The Balaban J connectivity index is 1.26. The van der Waals surface area contributed by atoms with Gasteiger partial charge >= 0.3 is 0 Å². The Morgan fingerprint density at radius 2 is 1.67 bits per heavy atom. The summed E-state index contributed by atoms with van der Waals surface area (Å²) in [5, 5.41) is 13.8. The van der Waals surface area contributed by atoms with Gasteiger partial charge in [-0.2, -0.15) is 5.10 Å². The van der Waals surface area contributed by atoms with Crippen molar-refractivity contribution in [2.24, 2.45) is 5.16 Å². The Hall–Kier alpha value is -5.51. The topological polar surface area (TPSA) is 101 Å². The van der Waals surface area contributed by atoms with E-state index in [1.807, 2.05) is 91.3 Å². The highest BCUT2D eigenvalue weighted by Crippen LogP contribution is 2.49. The van der Waals surface area contributed by atoms with Crippen LogP contribution < -0.4 is 9.47 Å². The number of para-hydroxylation sites is 1. The van der Waals surface area contributed by atoms with E-state index in [-0.39, 0.29) is 12.5 Å². The first kappa shape index (κ1) is 25.5. The molecule has 7 rings (SSSR count). The third-order valence-corrected chi connectivity index (χ3v) is 7.30. The zero-order valence-corrected chi connectivity index (χ0v) is 23.3. The molecule has 0 radical (unpaired) electrons. The van der Waals surface area contributed by atoms with Gasteiger partial charge in [-0.3, -0.25) is 0 Å². The van der Waals surface area contributed by atoms with Gasteiger partial charge in [0.05, 0.1) is 41.2 Å². The van der Waals surface area contributed by atoms with Crippen LogP contribution in [-0.4, -0.2) is 42.2 Å². The van der Waals surface area contributed by atoms with Crippen LogP contribution in [0.1, 0.15) is 46.6 Å². The van der Waals surface area contributed by atoms with Gasteiger partial charge in [0.25, 0.3) is 0 Å². The fourth-order valence-corrected chi connectivity index (χ4v) is 5.28. The van der Waals surface area contributed by atoms with Gasteiger partial charge in [-0.05, 0) is 61.4 Å². The number of rotatable bonds is 7. The Bertz CT molecular complexity index is 1910. The second-order valence-electron chi connectivity index (χ2n) is 9.94. The van der Waals surface area contributed by atoms with Crippen LogP contribution in [0.15, 0.2) is 96.4 Å². The number of hydrogen-bond acceptors (Lipinski definition) is 8. The molecule has 0 aliphatic carbocycles. The number of benzene rings is 3. The van der Waals surface area contributed by atoms with Gasteiger partial charge in [-0.25, -0.2) is 19.2 Å². The number of hydrogen-bond donors (Lipinski definition) is 0. The molecular formula is C32H27N7O3. The number of oxime groups is 1. The van der Waals surface area contributed by atoms with E-state index < -0.39 is 0 Å². The molecular weight excluding hydrogens is 530 g/mol. The van der Waals surface area contributed by atoms with Crippen LogP contribution in [0.5, 0.6) is 17.5 Å². The summed E-state index contributed by atoms with van der Waals surface area (Å²) in [6.45, 7) is 3.98. The molecule has 0 N–H and O–H groups in total. The van der Waals surface area contributed by atoms with Crippen LogP contribution in [0.4, 0.5) is 0 Å². The van der Waals surface area contributed by atoms with Crippen molar-refractivity contribution < 1.29 is 14.3 Å². The zero-order chi connectivity index (χ0) is 28.6. The molecule has 3 aromatic carbocycles. The maximum absolute atomic E-state index is 6.48. The Morgan fingerprint density at radius 1 is 0.929 bits per heavy atom. The lowest BCUT2D eigenvalue weighted by molar-refractivity contribution is 0.125. The molecule has 1 aliphatic heterocycles. The Kier molecular flexibility index (Phi) is 6.35. The minimum Gasteiger partial charge on any atom is -0.497 e. The van der Waals surface area contributed by atoms with Crippen LogP contribution in [0.2, 0.25) is 0 Å². The average Bonchev–Trinajstić information content (AvgIpc) is 3.61. The highest BCUT2D eigenvalue weighted by Gasteiger charge is 2.38. The molecule has 42 heavy (non-hydrogen) atoms. The smallest absolute Gasteiger partial charge is 0.230 e. The van der Waals surface area contributed by atoms with Crippen molar-refractivity contribution in [2.75, 3.05) is 7.11 Å². The van der Waals surface area contributed by atoms with Crippen molar-refractivity contribution in [3.8, 4) is 23.2 Å². The molecule has 0 saturated heterocycles. The molecule has 208 valence electrons. The van der Waals surface area contributed by atoms with Crippen LogP contribution in [0.3, 0.4) is 0 Å². The van der Waals surface area contributed by atoms with Crippen molar-refractivity contribution in [1.82, 2.24) is 29.4 Å². The maximum atomic E-state index is 6.48. The predicted octanol–water partition coefficient (Wildman–Crippen LogP) is 5.85. The highest BCUT2D eigenvalue weighted by atomic mass is 16.6. The minimum absolute atomic E-state index is 0.0943. The molecule has 0 spiro atoms. The first-order valence-corrected chi connectivity index (χ1v) is 13.5. The van der Waals surface area contributed by atoms with Gasteiger partial charge < -0.3 is 14.3 Å². The number of ether oxygens (including phenoxy) is 2. The molecule has 10 heteroatoms. The van der Waals surface area contributed by atoms with Crippen LogP contribution >= 0.6 is 0 Å². The minimum atomic E-state index is -0.216. The monoisotopic (exact) mass is 557 g/mol. The third kappa shape index (κ3) is 4.43. The van der Waals surface area contributed by atoms with E-state index in [1.165, 1.54) is 0 Å². The van der Waals surface area contributed by atoms with Crippen molar-refractivity contribution in [1.29, 1.82) is 0 Å². The van der Waals surface area contributed by atoms with Gasteiger partial charge in [-0.15, -0.1) is 5.10 Å². The molecule has 1 aliphatic rings. The van der Waals surface area contributed by atoms with E-state index in [1.54, 1.807) is 18.0 Å². The zero-order valence-electron chi connectivity index (χ0n) is 23.3. The lowest BCUT2D eigenvalue weighted by Gasteiger charge is -2.26. The summed E-state index contributed by atoms with van der Waals surface area (Å²) in [4.78, 5) is 15.2. The van der Waals surface area contributed by atoms with Gasteiger partial charge in [0.2, 0.25) is 11.8 Å². The van der Waals surface area contributed by atoms with E-state index in [2.05, 4.69) is 27.4 Å². The SMILES string of the molecule is COc1ccc(/C(C)=N/OCc2nc3c4c(ncn3n2)Oc2c(c(C)nn2-c2ccccc2)[C@H]4c2ccccc2)cc1. The van der Waals surface area contributed by atoms with Crippen LogP contribution in [0, 0.1) is 6.92 Å². The normalized spacial score (nSPS) is 14.3. The van der Waals surface area contributed by atoms with Crippen molar-refractivity contribution >= 4 is 11.4 Å². The first-order chi connectivity index (χ1) is 20.6. The van der Waals surface area contributed by atoms with Crippen LogP contribution in [0.25, 0.3) is 11.3 Å². The quantitative estimate of drug-likeness (QED) is 0.179. The molecule has 3 aromatic heterocycles. The number of aryl methyl sites for hydroxylation is 1. The molecule has 0 bridgehead atoms. The third-order valence-electron chi connectivity index (χ3n) is 7.30. The Labute approximate surface area is 241 Å². The fraction of sp³-hybridized carbons (Fsp3) is 0.156. The molecule has 0 amide bonds. The molecule has 10 nitrogen and oxygen atoms in total. The largest absolute Gasteiger partial charge is 0.497 e. The number of aromatic nitrogens is 6.